The number of carbonyl (C=O) groups is 1. The summed E-state index contributed by atoms with van der Waals surface area (Å²) >= 11 is 1.76. The Morgan fingerprint density at radius 2 is 2.04 bits per heavy atom. The van der Waals surface area contributed by atoms with Gasteiger partial charge in [0.05, 0.1) is 10.9 Å². The van der Waals surface area contributed by atoms with Crippen molar-refractivity contribution in [2.24, 2.45) is 5.14 Å². The van der Waals surface area contributed by atoms with E-state index in [9.17, 15) is 13.2 Å². The number of amides is 1. The van der Waals surface area contributed by atoms with Crippen LogP contribution < -0.4 is 5.14 Å². The molecule has 1 aromatic carbocycles. The van der Waals surface area contributed by atoms with Gasteiger partial charge in [-0.1, -0.05) is 19.1 Å². The molecule has 2 heterocycles. The highest BCUT2D eigenvalue weighted by atomic mass is 32.2. The number of sulfonamides is 1. The Hall–Kier alpha value is -1.96. The van der Waals surface area contributed by atoms with Gasteiger partial charge in [-0.25, -0.2) is 13.6 Å². The normalized spacial score (nSPS) is 17.7. The van der Waals surface area contributed by atoms with Gasteiger partial charge in [0, 0.05) is 17.5 Å². The SMILES string of the molecule is CCC1c2ccsc2CCN1C(=O)/C=C/c1ccc(S(N)(=O)=O)cc1. The Bertz CT molecular complexity index is 899. The molecule has 0 fully saturated rings. The molecule has 1 atom stereocenters. The number of benzene rings is 1. The molecule has 0 saturated carbocycles. The Labute approximate surface area is 151 Å². The van der Waals surface area contributed by atoms with Crippen LogP contribution in [0.25, 0.3) is 6.08 Å². The highest BCUT2D eigenvalue weighted by molar-refractivity contribution is 7.89. The third-order valence-electron chi connectivity index (χ3n) is 4.39. The standard InChI is InChI=1S/C18H20N2O3S2/c1-2-16-15-10-12-24-17(15)9-11-20(16)18(21)8-5-13-3-6-14(7-4-13)25(19,22)23/h3-8,10,12,16H,2,9,11H2,1H3,(H2,19,22,23)/b8-5+. The Morgan fingerprint density at radius 3 is 2.68 bits per heavy atom. The number of fused-ring (bicyclic) bond motifs is 1. The second-order valence-corrected chi connectivity index (χ2v) is 8.51. The average Bonchev–Trinajstić information content (AvgIpc) is 3.07. The minimum absolute atomic E-state index is 0.0285. The van der Waals surface area contributed by atoms with Crippen molar-refractivity contribution in [2.75, 3.05) is 6.54 Å². The molecule has 1 aliphatic heterocycles. The van der Waals surface area contributed by atoms with Gasteiger partial charge in [-0.05, 0) is 53.6 Å². The molecule has 1 aromatic heterocycles. The molecule has 25 heavy (non-hydrogen) atoms. The van der Waals surface area contributed by atoms with Gasteiger partial charge in [0.15, 0.2) is 0 Å². The minimum atomic E-state index is -3.70. The maximum absolute atomic E-state index is 12.6. The number of thiophene rings is 1. The molecule has 0 spiro atoms. The van der Waals surface area contributed by atoms with Crippen LogP contribution in [0, 0.1) is 0 Å². The predicted molar refractivity (Wildman–Crippen MR) is 99.6 cm³/mol. The first-order valence-electron chi connectivity index (χ1n) is 8.08. The zero-order valence-corrected chi connectivity index (χ0v) is 15.5. The van der Waals surface area contributed by atoms with Crippen LogP contribution in [0.4, 0.5) is 0 Å². The fourth-order valence-corrected chi connectivity index (χ4v) is 4.58. The maximum atomic E-state index is 12.6. The lowest BCUT2D eigenvalue weighted by Crippen LogP contribution is -2.38. The van der Waals surface area contributed by atoms with Gasteiger partial charge in [0.2, 0.25) is 15.9 Å². The van der Waals surface area contributed by atoms with Crippen LogP contribution in [0.1, 0.15) is 35.4 Å². The summed E-state index contributed by atoms with van der Waals surface area (Å²) in [4.78, 5) is 16.0. The lowest BCUT2D eigenvalue weighted by atomic mass is 9.97. The lowest BCUT2D eigenvalue weighted by Gasteiger charge is -2.34. The molecular weight excluding hydrogens is 356 g/mol. The first-order valence-corrected chi connectivity index (χ1v) is 10.5. The molecule has 2 aromatic rings. The highest BCUT2D eigenvalue weighted by Gasteiger charge is 2.29. The van der Waals surface area contributed by atoms with Gasteiger partial charge in [-0.3, -0.25) is 4.79 Å². The molecule has 0 aliphatic carbocycles. The van der Waals surface area contributed by atoms with Crippen LogP contribution in [0.15, 0.2) is 46.7 Å². The molecule has 0 saturated heterocycles. The number of nitrogens with two attached hydrogens (primary N) is 1. The zero-order valence-electron chi connectivity index (χ0n) is 13.9. The molecule has 132 valence electrons. The number of nitrogens with zero attached hydrogens (tertiary/aromatic N) is 1. The largest absolute Gasteiger partial charge is 0.332 e. The van der Waals surface area contributed by atoms with Crippen molar-refractivity contribution < 1.29 is 13.2 Å². The van der Waals surface area contributed by atoms with Gasteiger partial charge in [-0.2, -0.15) is 0 Å². The van der Waals surface area contributed by atoms with Crippen molar-refractivity contribution in [2.45, 2.75) is 30.7 Å². The van der Waals surface area contributed by atoms with Crippen LogP contribution in [0.3, 0.4) is 0 Å². The maximum Gasteiger partial charge on any atom is 0.247 e. The van der Waals surface area contributed by atoms with E-state index in [1.165, 1.54) is 22.6 Å². The first kappa shape index (κ1) is 17.8. The van der Waals surface area contributed by atoms with Gasteiger partial charge >= 0.3 is 0 Å². The van der Waals surface area contributed by atoms with E-state index in [2.05, 4.69) is 18.4 Å². The average molecular weight is 377 g/mol. The van der Waals surface area contributed by atoms with Crippen LogP contribution in [-0.2, 0) is 21.2 Å². The van der Waals surface area contributed by atoms with E-state index in [-0.39, 0.29) is 16.8 Å². The summed E-state index contributed by atoms with van der Waals surface area (Å²) in [7, 11) is -3.70. The molecule has 5 nitrogen and oxygen atoms in total. The van der Waals surface area contributed by atoms with Crippen LogP contribution >= 0.6 is 11.3 Å². The van der Waals surface area contributed by atoms with Crippen molar-refractivity contribution >= 4 is 33.3 Å². The van der Waals surface area contributed by atoms with E-state index in [1.807, 2.05) is 4.90 Å². The quantitative estimate of drug-likeness (QED) is 0.833. The number of hydrogen-bond acceptors (Lipinski definition) is 4. The zero-order chi connectivity index (χ0) is 18.0. The smallest absolute Gasteiger partial charge is 0.247 e. The summed E-state index contributed by atoms with van der Waals surface area (Å²) < 4.78 is 22.5. The van der Waals surface area contributed by atoms with Crippen molar-refractivity contribution in [3.8, 4) is 0 Å². The topological polar surface area (TPSA) is 80.5 Å². The second kappa shape index (κ2) is 7.11. The van der Waals surface area contributed by atoms with Gasteiger partial charge in [0.25, 0.3) is 0 Å². The van der Waals surface area contributed by atoms with E-state index in [4.69, 9.17) is 5.14 Å². The second-order valence-electron chi connectivity index (χ2n) is 5.95. The van der Waals surface area contributed by atoms with Crippen molar-refractivity contribution in [1.29, 1.82) is 0 Å². The van der Waals surface area contributed by atoms with Gasteiger partial charge < -0.3 is 4.90 Å². The van der Waals surface area contributed by atoms with E-state index in [1.54, 1.807) is 35.6 Å². The summed E-state index contributed by atoms with van der Waals surface area (Å²) in [6.07, 6.45) is 5.02. The van der Waals surface area contributed by atoms with E-state index < -0.39 is 10.0 Å². The van der Waals surface area contributed by atoms with Crippen molar-refractivity contribution in [3.63, 3.8) is 0 Å². The Kier molecular flexibility index (Phi) is 5.08. The number of primary sulfonamides is 1. The summed E-state index contributed by atoms with van der Waals surface area (Å²) in [5, 5.41) is 7.17. The summed E-state index contributed by atoms with van der Waals surface area (Å²) in [5.41, 5.74) is 2.01. The Morgan fingerprint density at radius 1 is 1.32 bits per heavy atom. The number of rotatable bonds is 4. The minimum Gasteiger partial charge on any atom is -0.332 e. The predicted octanol–water partition coefficient (Wildman–Crippen LogP) is 2.94. The highest BCUT2D eigenvalue weighted by Crippen LogP contribution is 2.35. The molecule has 7 heteroatoms. The summed E-state index contributed by atoms with van der Waals surface area (Å²) in [6.45, 7) is 2.81. The van der Waals surface area contributed by atoms with E-state index in [0.29, 0.717) is 0 Å². The monoisotopic (exact) mass is 376 g/mol. The van der Waals surface area contributed by atoms with Gasteiger partial charge in [-0.15, -0.1) is 11.3 Å². The van der Waals surface area contributed by atoms with Crippen LogP contribution in [0.2, 0.25) is 0 Å². The molecule has 1 aliphatic rings. The van der Waals surface area contributed by atoms with E-state index in [0.717, 1.165) is 24.9 Å². The first-order chi connectivity index (χ1) is 11.9. The molecule has 1 amide bonds. The number of hydrogen-bond donors (Lipinski definition) is 1. The fraction of sp³-hybridized carbons (Fsp3) is 0.278. The molecular formula is C18H20N2O3S2. The summed E-state index contributed by atoms with van der Waals surface area (Å²) in [6, 6.07) is 8.38. The van der Waals surface area contributed by atoms with Crippen LogP contribution in [-0.4, -0.2) is 25.8 Å². The van der Waals surface area contributed by atoms with Crippen molar-refractivity contribution in [3.05, 3.63) is 57.8 Å². The van der Waals surface area contributed by atoms with Crippen molar-refractivity contribution in [1.82, 2.24) is 4.90 Å². The summed E-state index contributed by atoms with van der Waals surface area (Å²) in [5.74, 6) is -0.0285. The number of carbonyl (C=O) groups excluding carboxylic acids is 1. The molecule has 3 rings (SSSR count). The van der Waals surface area contributed by atoms with E-state index >= 15 is 0 Å². The lowest BCUT2D eigenvalue weighted by molar-refractivity contribution is -0.128. The molecule has 0 radical (unpaired) electrons. The molecule has 1 unspecified atom stereocenters. The Balaban J connectivity index is 1.75. The molecule has 0 bridgehead atoms. The van der Waals surface area contributed by atoms with Crippen LogP contribution in [0.5, 0.6) is 0 Å². The van der Waals surface area contributed by atoms with Gasteiger partial charge in [0.1, 0.15) is 0 Å². The third-order valence-corrected chi connectivity index (χ3v) is 6.32. The molecule has 2 N–H and O–H groups in total. The fourth-order valence-electron chi connectivity index (χ4n) is 3.13. The third kappa shape index (κ3) is 3.84.